The molecular weight excluding hydrogens is 600 g/mol. The molecule has 4 rings (SSSR count). The van der Waals surface area contributed by atoms with E-state index in [0.717, 1.165) is 32.9 Å². The van der Waals surface area contributed by atoms with Crippen molar-refractivity contribution < 1.29 is 28.6 Å². The third kappa shape index (κ3) is 12.6. The number of hydrogen-bond acceptors (Lipinski definition) is 7. The van der Waals surface area contributed by atoms with Crippen molar-refractivity contribution >= 4 is 40.1 Å². The lowest BCUT2D eigenvalue weighted by Gasteiger charge is -2.24. The van der Waals surface area contributed by atoms with Crippen molar-refractivity contribution in [1.29, 1.82) is 0 Å². The summed E-state index contributed by atoms with van der Waals surface area (Å²) in [5.74, 6) is 0. The van der Waals surface area contributed by atoms with Gasteiger partial charge in [0.1, 0.15) is 18.8 Å². The lowest BCUT2D eigenvalue weighted by atomic mass is 10.0. The molecule has 0 saturated carbocycles. The molecule has 0 radical (unpaired) electrons. The number of nitrogens with two attached hydrogens (primary N) is 1. The smallest absolute Gasteiger partial charge is 0.407 e. The van der Waals surface area contributed by atoms with Gasteiger partial charge in [0, 0.05) is 53.3 Å². The van der Waals surface area contributed by atoms with E-state index in [1.165, 1.54) is 12.2 Å². The summed E-state index contributed by atoms with van der Waals surface area (Å²) in [6.45, 7) is 13.3. The number of rotatable bonds is 13. The highest BCUT2D eigenvalue weighted by Crippen LogP contribution is 2.20. The number of fused-ring (bicyclic) bond motifs is 2. The second-order valence-electron chi connectivity index (χ2n) is 11.8. The van der Waals surface area contributed by atoms with Gasteiger partial charge in [0.2, 0.25) is 0 Å². The van der Waals surface area contributed by atoms with Gasteiger partial charge in [-0.3, -0.25) is 0 Å². The number of ether oxygens (including phenoxy) is 3. The Morgan fingerprint density at radius 3 is 1.79 bits per heavy atom. The van der Waals surface area contributed by atoms with Crippen LogP contribution >= 0.6 is 0 Å². The van der Waals surface area contributed by atoms with Gasteiger partial charge in [-0.25, -0.2) is 14.4 Å². The van der Waals surface area contributed by atoms with Crippen molar-refractivity contribution in [1.82, 2.24) is 25.9 Å². The number of carbonyl (C=O) groups excluding carboxylic acids is 3. The normalized spacial score (nSPS) is 12.2. The van der Waals surface area contributed by atoms with Crippen molar-refractivity contribution in [2.24, 2.45) is 5.73 Å². The summed E-state index contributed by atoms with van der Waals surface area (Å²) in [5, 5.41) is 10.3. The average Bonchev–Trinajstić information content (AvgIpc) is 3.64. The van der Waals surface area contributed by atoms with Crippen LogP contribution in [0.2, 0.25) is 0 Å². The van der Waals surface area contributed by atoms with Crippen LogP contribution in [0.1, 0.15) is 31.9 Å². The average molecular weight is 647 g/mol. The molecule has 2 heterocycles. The Morgan fingerprint density at radius 2 is 1.28 bits per heavy atom. The Hall–Kier alpha value is -5.23. The van der Waals surface area contributed by atoms with Crippen molar-refractivity contribution in [3.05, 3.63) is 97.4 Å². The fraction of sp³-hybridized carbons (Fsp3) is 0.343. The van der Waals surface area contributed by atoms with Gasteiger partial charge in [-0.05, 0) is 56.9 Å². The van der Waals surface area contributed by atoms with Crippen LogP contribution in [0.15, 0.2) is 86.2 Å². The summed E-state index contributed by atoms with van der Waals surface area (Å²) in [4.78, 5) is 41.6. The Bertz CT molecular complexity index is 1620. The molecule has 47 heavy (non-hydrogen) atoms. The molecule has 0 fully saturated rings. The molecule has 12 nitrogen and oxygen atoms in total. The number of benzene rings is 2. The second-order valence-corrected chi connectivity index (χ2v) is 11.8. The van der Waals surface area contributed by atoms with Gasteiger partial charge in [0.05, 0.1) is 6.04 Å². The van der Waals surface area contributed by atoms with Crippen LogP contribution in [0.5, 0.6) is 0 Å². The number of amides is 3. The number of aromatic nitrogens is 2. The van der Waals surface area contributed by atoms with E-state index in [-0.39, 0.29) is 31.8 Å². The molecule has 252 valence electrons. The largest absolute Gasteiger partial charge is 0.445 e. The van der Waals surface area contributed by atoms with Gasteiger partial charge in [-0.2, -0.15) is 0 Å². The number of alkyl carbamates (subject to hydrolysis) is 3. The first-order valence-corrected chi connectivity index (χ1v) is 15.4. The maximum absolute atomic E-state index is 12.2. The lowest BCUT2D eigenvalue weighted by molar-refractivity contribution is 0.0502. The van der Waals surface area contributed by atoms with Crippen molar-refractivity contribution in [3.8, 4) is 0 Å². The van der Waals surface area contributed by atoms with Crippen LogP contribution in [0.25, 0.3) is 21.8 Å². The van der Waals surface area contributed by atoms with Crippen LogP contribution < -0.4 is 21.7 Å². The summed E-state index contributed by atoms with van der Waals surface area (Å²) in [5.41, 5.74) is 9.71. The Labute approximate surface area is 275 Å². The second kappa shape index (κ2) is 18.1. The van der Waals surface area contributed by atoms with Crippen LogP contribution in [0.4, 0.5) is 14.4 Å². The maximum atomic E-state index is 12.2. The standard InChI is InChI=1S/C20H27N3O4.C15H19N3O2/c1-5-10-26-18(24)22-13-15(23-19(25)27-20(2,3)4)11-14-12-21-17-9-7-6-8-16(14)17;1-2-7-20-15(19)18-10-12(16)8-11-9-17-14-6-4-3-5-13(11)14/h5-9,12,15,21H,1,10-11,13H2,2-4H3,(H,22,24)(H,23,25);2-6,9,12,17H,1,7-8,10,16H2,(H,18,19)/t15-;12-/m00/s1. The molecule has 0 spiro atoms. The minimum atomic E-state index is -0.605. The van der Waals surface area contributed by atoms with Crippen LogP contribution in [-0.4, -0.2) is 72.2 Å². The molecule has 0 aliphatic rings. The van der Waals surface area contributed by atoms with Crippen molar-refractivity contribution in [2.75, 3.05) is 26.3 Å². The van der Waals surface area contributed by atoms with Gasteiger partial charge < -0.3 is 45.9 Å². The molecule has 0 bridgehead atoms. The number of nitrogens with one attached hydrogen (secondary N) is 5. The number of para-hydroxylation sites is 2. The molecule has 2 atom stereocenters. The van der Waals surface area contributed by atoms with Crippen LogP contribution in [0, 0.1) is 0 Å². The molecule has 0 aliphatic carbocycles. The number of hydrogen-bond donors (Lipinski definition) is 6. The number of carbonyl (C=O) groups is 3. The molecule has 12 heteroatoms. The molecule has 7 N–H and O–H groups in total. The predicted octanol–water partition coefficient (Wildman–Crippen LogP) is 5.47. The summed E-state index contributed by atoms with van der Waals surface area (Å²) in [7, 11) is 0. The fourth-order valence-electron chi connectivity index (χ4n) is 4.66. The van der Waals surface area contributed by atoms with Crippen molar-refractivity contribution in [2.45, 2.75) is 51.3 Å². The van der Waals surface area contributed by atoms with E-state index in [4.69, 9.17) is 19.9 Å². The zero-order valence-corrected chi connectivity index (χ0v) is 27.3. The summed E-state index contributed by atoms with van der Waals surface area (Å²) in [6, 6.07) is 15.4. The van der Waals surface area contributed by atoms with Crippen LogP contribution in [0.3, 0.4) is 0 Å². The maximum Gasteiger partial charge on any atom is 0.407 e. The first-order valence-electron chi connectivity index (χ1n) is 15.4. The predicted molar refractivity (Wildman–Crippen MR) is 184 cm³/mol. The van der Waals surface area contributed by atoms with E-state index in [2.05, 4.69) is 45.1 Å². The Morgan fingerprint density at radius 1 is 0.787 bits per heavy atom. The quantitative estimate of drug-likeness (QED) is 0.0826. The highest BCUT2D eigenvalue weighted by atomic mass is 16.6. The summed E-state index contributed by atoms with van der Waals surface area (Å²) < 4.78 is 15.1. The monoisotopic (exact) mass is 646 g/mol. The third-order valence-corrected chi connectivity index (χ3v) is 6.69. The minimum Gasteiger partial charge on any atom is -0.445 e. The number of aromatic amines is 2. The molecule has 2 aromatic heterocycles. The highest BCUT2D eigenvalue weighted by Gasteiger charge is 2.21. The summed E-state index contributed by atoms with van der Waals surface area (Å²) >= 11 is 0. The zero-order chi connectivity index (χ0) is 34.2. The van der Waals surface area contributed by atoms with Crippen LogP contribution in [-0.2, 0) is 27.1 Å². The van der Waals surface area contributed by atoms with E-state index in [9.17, 15) is 14.4 Å². The van der Waals surface area contributed by atoms with Gasteiger partial charge in [0.15, 0.2) is 0 Å². The Kier molecular flexibility index (Phi) is 13.9. The van der Waals surface area contributed by atoms with Gasteiger partial charge in [-0.15, -0.1) is 0 Å². The van der Waals surface area contributed by atoms with E-state index in [1.54, 1.807) is 20.8 Å². The van der Waals surface area contributed by atoms with Crippen molar-refractivity contribution in [3.63, 3.8) is 0 Å². The minimum absolute atomic E-state index is 0.123. The van der Waals surface area contributed by atoms with E-state index < -0.39 is 23.9 Å². The molecule has 3 amide bonds. The van der Waals surface area contributed by atoms with Gasteiger partial charge in [0.25, 0.3) is 0 Å². The first-order chi connectivity index (χ1) is 22.5. The van der Waals surface area contributed by atoms with E-state index in [0.29, 0.717) is 19.4 Å². The topological polar surface area (TPSA) is 173 Å². The molecule has 0 unspecified atom stereocenters. The van der Waals surface area contributed by atoms with E-state index >= 15 is 0 Å². The third-order valence-electron chi connectivity index (χ3n) is 6.69. The molecule has 2 aromatic carbocycles. The highest BCUT2D eigenvalue weighted by molar-refractivity contribution is 5.84. The Balaban J connectivity index is 0.000000267. The summed E-state index contributed by atoms with van der Waals surface area (Å²) in [6.07, 6.45) is 6.51. The fourth-order valence-corrected chi connectivity index (χ4v) is 4.66. The molecule has 4 aromatic rings. The van der Waals surface area contributed by atoms with Gasteiger partial charge >= 0.3 is 18.3 Å². The first kappa shape index (κ1) is 36.2. The molecular formula is C35H46N6O6. The molecule has 0 aliphatic heterocycles. The van der Waals surface area contributed by atoms with E-state index in [1.807, 2.05) is 54.9 Å². The lowest BCUT2D eigenvalue weighted by Crippen LogP contribution is -2.46. The SMILES string of the molecule is C=CCOC(=O)NC[C@@H](N)Cc1c[nH]c2ccccc12.C=CCOC(=O)NC[C@H](Cc1c[nH]c2ccccc12)NC(=O)OC(C)(C)C. The zero-order valence-electron chi connectivity index (χ0n) is 27.3. The number of H-pyrrole nitrogens is 2. The molecule has 0 saturated heterocycles. The van der Waals surface area contributed by atoms with Gasteiger partial charge in [-0.1, -0.05) is 61.7 Å².